The molecular weight excluding hydrogens is 360 g/mol. The van der Waals surface area contributed by atoms with Gasteiger partial charge in [0.15, 0.2) is 6.10 Å². The van der Waals surface area contributed by atoms with Gasteiger partial charge < -0.3 is 15.8 Å². The number of hydrogen-bond acceptors (Lipinski definition) is 5. The summed E-state index contributed by atoms with van der Waals surface area (Å²) in [5.74, 6) is -1.74. The van der Waals surface area contributed by atoms with E-state index in [0.29, 0.717) is 17.7 Å². The van der Waals surface area contributed by atoms with Crippen molar-refractivity contribution in [3.8, 4) is 0 Å². The zero-order valence-electron chi connectivity index (χ0n) is 15.7. The molecule has 7 heteroatoms. The maximum absolute atomic E-state index is 12.5. The van der Waals surface area contributed by atoms with Crippen LogP contribution in [0.4, 0.5) is 5.69 Å². The Morgan fingerprint density at radius 2 is 1.46 bits per heavy atom. The average Bonchev–Trinajstić information content (AvgIpc) is 2.68. The number of amides is 2. The first-order chi connectivity index (χ1) is 13.3. The van der Waals surface area contributed by atoms with Crippen molar-refractivity contribution in [1.82, 2.24) is 0 Å². The maximum Gasteiger partial charge on any atom is 0.338 e. The Morgan fingerprint density at radius 1 is 0.929 bits per heavy atom. The number of carbonyl (C=O) groups is 4. The Balaban J connectivity index is 1.98. The molecule has 0 radical (unpaired) electrons. The lowest BCUT2D eigenvalue weighted by molar-refractivity contribution is -0.116. The first kappa shape index (κ1) is 20.8. The molecule has 28 heavy (non-hydrogen) atoms. The highest BCUT2D eigenvalue weighted by molar-refractivity contribution is 6.02. The van der Waals surface area contributed by atoms with Gasteiger partial charge in [-0.25, -0.2) is 4.79 Å². The second-order valence-electron chi connectivity index (χ2n) is 6.23. The molecule has 0 aliphatic heterocycles. The van der Waals surface area contributed by atoms with Crippen molar-refractivity contribution in [2.24, 2.45) is 5.73 Å². The smallest absolute Gasteiger partial charge is 0.338 e. The summed E-state index contributed by atoms with van der Waals surface area (Å²) in [5, 5.41) is 2.74. The molecule has 0 saturated heterocycles. The van der Waals surface area contributed by atoms with Crippen molar-refractivity contribution in [1.29, 1.82) is 0 Å². The molecular formula is C21H22N2O5. The first-order valence-corrected chi connectivity index (χ1v) is 8.86. The van der Waals surface area contributed by atoms with E-state index in [9.17, 15) is 19.2 Å². The van der Waals surface area contributed by atoms with E-state index in [0.717, 1.165) is 6.42 Å². The third-order valence-electron chi connectivity index (χ3n) is 3.99. The van der Waals surface area contributed by atoms with E-state index in [-0.39, 0.29) is 22.8 Å². The van der Waals surface area contributed by atoms with Crippen LogP contribution in [0.15, 0.2) is 48.5 Å². The molecule has 0 spiro atoms. The normalized spacial score (nSPS) is 11.4. The summed E-state index contributed by atoms with van der Waals surface area (Å²) in [6, 6.07) is 12.0. The lowest BCUT2D eigenvalue weighted by atomic mass is 10.1. The summed E-state index contributed by atoms with van der Waals surface area (Å²) in [5.41, 5.74) is 6.58. The van der Waals surface area contributed by atoms with Crippen molar-refractivity contribution < 1.29 is 23.9 Å². The fourth-order valence-corrected chi connectivity index (χ4v) is 2.46. The monoisotopic (exact) mass is 382 g/mol. The molecule has 0 aliphatic carbocycles. The van der Waals surface area contributed by atoms with Crippen LogP contribution in [-0.4, -0.2) is 29.7 Å². The molecule has 0 bridgehead atoms. The van der Waals surface area contributed by atoms with Gasteiger partial charge in [0.1, 0.15) is 0 Å². The van der Waals surface area contributed by atoms with Crippen LogP contribution in [-0.2, 0) is 9.53 Å². The lowest BCUT2D eigenvalue weighted by Crippen LogP contribution is -2.24. The number of hydrogen-bond donors (Lipinski definition) is 2. The number of carbonyl (C=O) groups excluding carboxylic acids is 4. The predicted octanol–water partition coefficient (Wildman–Crippen LogP) is 2.95. The summed E-state index contributed by atoms with van der Waals surface area (Å²) >= 11 is 0. The van der Waals surface area contributed by atoms with Gasteiger partial charge in [0.05, 0.1) is 5.56 Å². The molecule has 0 aliphatic rings. The molecule has 0 saturated carbocycles. The number of nitrogens with two attached hydrogens (primary N) is 1. The fourth-order valence-electron chi connectivity index (χ4n) is 2.46. The summed E-state index contributed by atoms with van der Waals surface area (Å²) < 4.78 is 5.21. The van der Waals surface area contributed by atoms with Gasteiger partial charge in [0, 0.05) is 23.2 Å². The second-order valence-corrected chi connectivity index (χ2v) is 6.23. The van der Waals surface area contributed by atoms with E-state index in [1.807, 2.05) is 6.92 Å². The van der Waals surface area contributed by atoms with Crippen molar-refractivity contribution >= 4 is 29.3 Å². The zero-order valence-corrected chi connectivity index (χ0v) is 15.7. The van der Waals surface area contributed by atoms with Gasteiger partial charge in [0.2, 0.25) is 17.6 Å². The number of primary amides is 1. The number of benzene rings is 2. The molecule has 2 aromatic carbocycles. The number of nitrogens with one attached hydrogen (secondary N) is 1. The largest absolute Gasteiger partial charge is 0.451 e. The standard InChI is InChI=1S/C21H22N2O5/c1-3-4-18(24)23-17-11-9-14(10-12-17)19(25)13(2)28-21(27)16-7-5-15(6-8-16)20(22)26/h5-13H,3-4H2,1-2H3,(H2,22,26)(H,23,24). The van der Waals surface area contributed by atoms with Crippen LogP contribution in [0.2, 0.25) is 0 Å². The van der Waals surface area contributed by atoms with Gasteiger partial charge in [0.25, 0.3) is 0 Å². The minimum atomic E-state index is -0.996. The van der Waals surface area contributed by atoms with Gasteiger partial charge in [-0.3, -0.25) is 14.4 Å². The maximum atomic E-state index is 12.5. The Labute approximate surface area is 162 Å². The number of esters is 1. The third kappa shape index (κ3) is 5.51. The minimum Gasteiger partial charge on any atom is -0.451 e. The third-order valence-corrected chi connectivity index (χ3v) is 3.99. The van der Waals surface area contributed by atoms with Crippen LogP contribution in [0.3, 0.4) is 0 Å². The van der Waals surface area contributed by atoms with Gasteiger partial charge in [-0.15, -0.1) is 0 Å². The SMILES string of the molecule is CCCC(=O)Nc1ccc(C(=O)C(C)OC(=O)c2ccc(C(N)=O)cc2)cc1. The van der Waals surface area contributed by atoms with Crippen molar-refractivity contribution in [3.63, 3.8) is 0 Å². The average molecular weight is 382 g/mol. The fraction of sp³-hybridized carbons (Fsp3) is 0.238. The molecule has 2 aromatic rings. The summed E-state index contributed by atoms with van der Waals surface area (Å²) in [6.45, 7) is 3.39. The van der Waals surface area contributed by atoms with E-state index in [1.54, 1.807) is 24.3 Å². The molecule has 146 valence electrons. The Kier molecular flexibility index (Phi) is 7.03. The Bertz CT molecular complexity index is 873. The van der Waals surface area contributed by atoms with Gasteiger partial charge >= 0.3 is 5.97 Å². The molecule has 2 amide bonds. The number of Topliss-reactive ketones (excluding diaryl/α,β-unsaturated/α-hetero) is 1. The molecule has 1 unspecified atom stereocenters. The number of ketones is 1. The summed E-state index contributed by atoms with van der Waals surface area (Å²) in [7, 11) is 0. The van der Waals surface area contributed by atoms with Crippen LogP contribution >= 0.6 is 0 Å². The van der Waals surface area contributed by atoms with Crippen molar-refractivity contribution in [2.75, 3.05) is 5.32 Å². The number of ether oxygens (including phenoxy) is 1. The Hall–Kier alpha value is -3.48. The van der Waals surface area contributed by atoms with E-state index < -0.39 is 18.0 Å². The highest BCUT2D eigenvalue weighted by atomic mass is 16.5. The highest BCUT2D eigenvalue weighted by Gasteiger charge is 2.20. The van der Waals surface area contributed by atoms with Gasteiger partial charge in [-0.2, -0.15) is 0 Å². The molecule has 0 heterocycles. The topological polar surface area (TPSA) is 116 Å². The van der Waals surface area contributed by atoms with Crippen LogP contribution in [0, 0.1) is 0 Å². The van der Waals surface area contributed by atoms with E-state index in [1.165, 1.54) is 31.2 Å². The number of anilines is 1. The summed E-state index contributed by atoms with van der Waals surface area (Å²) in [6.07, 6.45) is 0.175. The minimum absolute atomic E-state index is 0.0915. The molecule has 1 atom stereocenters. The molecule has 0 aromatic heterocycles. The molecule has 0 fully saturated rings. The van der Waals surface area contributed by atoms with Crippen molar-refractivity contribution in [2.45, 2.75) is 32.8 Å². The molecule has 2 rings (SSSR count). The quantitative estimate of drug-likeness (QED) is 0.538. The highest BCUT2D eigenvalue weighted by Crippen LogP contribution is 2.14. The van der Waals surface area contributed by atoms with Crippen LogP contribution in [0.25, 0.3) is 0 Å². The summed E-state index contributed by atoms with van der Waals surface area (Å²) in [4.78, 5) is 47.3. The van der Waals surface area contributed by atoms with Crippen LogP contribution in [0.1, 0.15) is 57.8 Å². The van der Waals surface area contributed by atoms with Gasteiger partial charge in [-0.1, -0.05) is 6.92 Å². The van der Waals surface area contributed by atoms with Crippen LogP contribution < -0.4 is 11.1 Å². The molecule has 3 N–H and O–H groups in total. The van der Waals surface area contributed by atoms with Gasteiger partial charge in [-0.05, 0) is 61.9 Å². The van der Waals surface area contributed by atoms with Crippen molar-refractivity contribution in [3.05, 3.63) is 65.2 Å². The zero-order chi connectivity index (χ0) is 20.7. The first-order valence-electron chi connectivity index (χ1n) is 8.86. The number of rotatable bonds is 8. The lowest BCUT2D eigenvalue weighted by Gasteiger charge is -2.13. The Morgan fingerprint density at radius 3 is 2.00 bits per heavy atom. The second kappa shape index (κ2) is 9.45. The predicted molar refractivity (Wildman–Crippen MR) is 104 cm³/mol. The van der Waals surface area contributed by atoms with E-state index in [2.05, 4.69) is 5.32 Å². The van der Waals surface area contributed by atoms with E-state index >= 15 is 0 Å². The molecule has 7 nitrogen and oxygen atoms in total. The van der Waals surface area contributed by atoms with Crippen LogP contribution in [0.5, 0.6) is 0 Å². The van der Waals surface area contributed by atoms with E-state index in [4.69, 9.17) is 10.5 Å².